The number of hydrogen-bond acceptors (Lipinski definition) is 3. The SMILES string of the molecule is CCCC(Br)OC(=O)c1ccc(NC(=O)C(Br)CCC)cc1. The van der Waals surface area contributed by atoms with Gasteiger partial charge in [-0.25, -0.2) is 4.79 Å². The van der Waals surface area contributed by atoms with E-state index in [0.717, 1.165) is 25.7 Å². The van der Waals surface area contributed by atoms with Crippen molar-refractivity contribution in [2.24, 2.45) is 0 Å². The zero-order valence-electron chi connectivity index (χ0n) is 12.8. The first kappa shape index (κ1) is 19.2. The van der Waals surface area contributed by atoms with Crippen molar-refractivity contribution < 1.29 is 14.3 Å². The van der Waals surface area contributed by atoms with Gasteiger partial charge in [-0.2, -0.15) is 0 Å². The Morgan fingerprint density at radius 3 is 2.23 bits per heavy atom. The summed E-state index contributed by atoms with van der Waals surface area (Å²) in [6.07, 6.45) is 3.41. The first-order chi connectivity index (χ1) is 10.5. The fourth-order valence-electron chi connectivity index (χ4n) is 1.76. The molecule has 0 aliphatic heterocycles. The molecule has 1 amide bonds. The molecule has 2 atom stereocenters. The van der Waals surface area contributed by atoms with Gasteiger partial charge in [0, 0.05) is 5.69 Å². The first-order valence-electron chi connectivity index (χ1n) is 7.38. The number of alkyl halides is 2. The third kappa shape index (κ3) is 6.48. The second kappa shape index (κ2) is 10.0. The van der Waals surface area contributed by atoms with Crippen LogP contribution in [0.15, 0.2) is 24.3 Å². The maximum absolute atomic E-state index is 11.9. The Labute approximate surface area is 148 Å². The van der Waals surface area contributed by atoms with Gasteiger partial charge in [0.05, 0.1) is 10.4 Å². The Kier molecular flexibility index (Phi) is 8.71. The Bertz CT molecular complexity index is 491. The minimum absolute atomic E-state index is 0.0827. The maximum atomic E-state index is 11.9. The summed E-state index contributed by atoms with van der Waals surface area (Å²) < 4.78 is 5.25. The van der Waals surface area contributed by atoms with Crippen molar-refractivity contribution in [2.45, 2.75) is 49.4 Å². The molecule has 1 rings (SSSR count). The zero-order chi connectivity index (χ0) is 16.5. The smallest absolute Gasteiger partial charge is 0.339 e. The molecule has 22 heavy (non-hydrogen) atoms. The standard InChI is InChI=1S/C16H21Br2NO3/c1-3-5-13(17)15(20)19-12-9-7-11(8-10-12)16(21)22-14(18)6-4-2/h7-10,13-14H,3-6H2,1-2H3,(H,19,20). The number of anilines is 1. The number of hydrogen-bond donors (Lipinski definition) is 1. The van der Waals surface area contributed by atoms with Crippen LogP contribution in [-0.4, -0.2) is 21.7 Å². The fraction of sp³-hybridized carbons (Fsp3) is 0.500. The van der Waals surface area contributed by atoms with E-state index in [-0.39, 0.29) is 21.7 Å². The number of halogens is 2. The summed E-state index contributed by atoms with van der Waals surface area (Å²) in [4.78, 5) is 23.6. The highest BCUT2D eigenvalue weighted by atomic mass is 79.9. The average molecular weight is 435 g/mol. The molecular formula is C16H21Br2NO3. The molecule has 1 aromatic carbocycles. The van der Waals surface area contributed by atoms with Crippen LogP contribution < -0.4 is 5.32 Å². The van der Waals surface area contributed by atoms with Gasteiger partial charge < -0.3 is 10.1 Å². The molecule has 0 radical (unpaired) electrons. The van der Waals surface area contributed by atoms with Gasteiger partial charge >= 0.3 is 5.97 Å². The highest BCUT2D eigenvalue weighted by Crippen LogP contribution is 2.16. The van der Waals surface area contributed by atoms with Gasteiger partial charge in [-0.3, -0.25) is 4.79 Å². The second-order valence-electron chi connectivity index (χ2n) is 4.93. The number of amides is 1. The number of ether oxygens (including phenoxy) is 1. The third-order valence-corrected chi connectivity index (χ3v) is 4.48. The Morgan fingerprint density at radius 1 is 1.09 bits per heavy atom. The van der Waals surface area contributed by atoms with Crippen LogP contribution in [0.5, 0.6) is 0 Å². The summed E-state index contributed by atoms with van der Waals surface area (Å²) in [5.74, 6) is -0.460. The van der Waals surface area contributed by atoms with Gasteiger partial charge in [0.2, 0.25) is 5.91 Å². The van der Waals surface area contributed by atoms with Crippen LogP contribution in [0.3, 0.4) is 0 Å². The molecule has 4 nitrogen and oxygen atoms in total. The Hall–Kier alpha value is -0.880. The van der Waals surface area contributed by atoms with Gasteiger partial charge in [0.1, 0.15) is 0 Å². The van der Waals surface area contributed by atoms with Crippen LogP contribution in [0.1, 0.15) is 49.9 Å². The molecule has 0 saturated heterocycles. The van der Waals surface area contributed by atoms with Crippen LogP contribution >= 0.6 is 31.9 Å². The van der Waals surface area contributed by atoms with E-state index in [1.54, 1.807) is 24.3 Å². The van der Waals surface area contributed by atoms with Gasteiger partial charge in [-0.1, -0.05) is 42.6 Å². The lowest BCUT2D eigenvalue weighted by Gasteiger charge is -2.12. The van der Waals surface area contributed by atoms with E-state index in [0.29, 0.717) is 11.3 Å². The predicted octanol–water partition coefficient (Wildman–Crippen LogP) is 4.87. The van der Waals surface area contributed by atoms with E-state index in [4.69, 9.17) is 4.74 Å². The van der Waals surface area contributed by atoms with Gasteiger partial charge in [0.15, 0.2) is 5.01 Å². The normalized spacial score (nSPS) is 13.3. The number of rotatable bonds is 8. The number of carbonyl (C=O) groups is 2. The fourth-order valence-corrected chi connectivity index (χ4v) is 2.96. The molecule has 0 fully saturated rings. The quantitative estimate of drug-likeness (QED) is 0.469. The number of nitrogens with one attached hydrogen (secondary N) is 1. The topological polar surface area (TPSA) is 55.4 Å². The summed E-state index contributed by atoms with van der Waals surface area (Å²) in [5.41, 5.74) is 1.12. The van der Waals surface area contributed by atoms with Crippen molar-refractivity contribution in [1.29, 1.82) is 0 Å². The molecule has 6 heteroatoms. The monoisotopic (exact) mass is 433 g/mol. The lowest BCUT2D eigenvalue weighted by Crippen LogP contribution is -2.22. The van der Waals surface area contributed by atoms with Crippen molar-refractivity contribution >= 4 is 49.4 Å². The Morgan fingerprint density at radius 2 is 1.68 bits per heavy atom. The van der Waals surface area contributed by atoms with Crippen molar-refractivity contribution in [3.05, 3.63) is 29.8 Å². The molecule has 0 aliphatic carbocycles. The van der Waals surface area contributed by atoms with E-state index in [2.05, 4.69) is 37.2 Å². The van der Waals surface area contributed by atoms with E-state index in [1.165, 1.54) is 0 Å². The highest BCUT2D eigenvalue weighted by Gasteiger charge is 2.15. The number of benzene rings is 1. The van der Waals surface area contributed by atoms with E-state index in [1.807, 2.05) is 13.8 Å². The van der Waals surface area contributed by atoms with Crippen LogP contribution in [0.25, 0.3) is 0 Å². The molecule has 0 bridgehead atoms. The lowest BCUT2D eigenvalue weighted by atomic mass is 10.2. The first-order valence-corrected chi connectivity index (χ1v) is 9.21. The molecule has 0 spiro atoms. The second-order valence-corrected chi connectivity index (χ2v) is 7.05. The summed E-state index contributed by atoms with van der Waals surface area (Å²) in [6.45, 7) is 4.05. The molecule has 0 heterocycles. The van der Waals surface area contributed by atoms with Crippen molar-refractivity contribution in [3.63, 3.8) is 0 Å². The minimum atomic E-state index is -0.377. The molecule has 0 aliphatic rings. The number of carbonyl (C=O) groups excluding carboxylic acids is 2. The number of esters is 1. The molecule has 0 saturated carbocycles. The van der Waals surface area contributed by atoms with E-state index >= 15 is 0 Å². The molecule has 2 unspecified atom stereocenters. The van der Waals surface area contributed by atoms with Gasteiger partial charge in [0.25, 0.3) is 0 Å². The molecular weight excluding hydrogens is 414 g/mol. The van der Waals surface area contributed by atoms with Crippen LogP contribution in [0.4, 0.5) is 5.69 Å². The molecule has 0 aromatic heterocycles. The van der Waals surface area contributed by atoms with Crippen LogP contribution in [-0.2, 0) is 9.53 Å². The van der Waals surface area contributed by atoms with Crippen LogP contribution in [0, 0.1) is 0 Å². The summed E-state index contributed by atoms with van der Waals surface area (Å²) in [6, 6.07) is 6.69. The van der Waals surface area contributed by atoms with Crippen molar-refractivity contribution in [3.8, 4) is 0 Å². The molecule has 1 aromatic rings. The third-order valence-electron chi connectivity index (χ3n) is 2.97. The molecule has 122 valence electrons. The van der Waals surface area contributed by atoms with E-state index < -0.39 is 0 Å². The van der Waals surface area contributed by atoms with Crippen molar-refractivity contribution in [2.75, 3.05) is 5.32 Å². The summed E-state index contributed by atoms with van der Waals surface area (Å²) in [5, 5.41) is 2.54. The zero-order valence-corrected chi connectivity index (χ0v) is 15.9. The molecule has 1 N–H and O–H groups in total. The maximum Gasteiger partial charge on any atom is 0.339 e. The summed E-state index contributed by atoms with van der Waals surface area (Å²) >= 11 is 6.66. The average Bonchev–Trinajstić information content (AvgIpc) is 2.48. The van der Waals surface area contributed by atoms with Gasteiger partial charge in [-0.15, -0.1) is 0 Å². The minimum Gasteiger partial charge on any atom is -0.447 e. The van der Waals surface area contributed by atoms with E-state index in [9.17, 15) is 9.59 Å². The Balaban J connectivity index is 2.59. The summed E-state index contributed by atoms with van der Waals surface area (Å²) in [7, 11) is 0. The lowest BCUT2D eigenvalue weighted by molar-refractivity contribution is -0.115. The largest absolute Gasteiger partial charge is 0.447 e. The predicted molar refractivity (Wildman–Crippen MR) is 95.7 cm³/mol. The van der Waals surface area contributed by atoms with Crippen molar-refractivity contribution in [1.82, 2.24) is 0 Å². The van der Waals surface area contributed by atoms with Crippen LogP contribution in [0.2, 0.25) is 0 Å². The highest BCUT2D eigenvalue weighted by molar-refractivity contribution is 9.10. The van der Waals surface area contributed by atoms with Gasteiger partial charge in [-0.05, 0) is 53.0 Å².